The number of carbonyl (C=O) groups excluding carboxylic acids is 2. The quantitative estimate of drug-likeness (QED) is 0.175. The minimum absolute atomic E-state index is 0.0346. The van der Waals surface area contributed by atoms with Crippen LogP contribution in [0.3, 0.4) is 0 Å². The number of nitrogens with one attached hydrogen (secondary N) is 1. The molecule has 1 amide bonds. The molecule has 3 aromatic rings. The fraction of sp³-hybridized carbons (Fsp3) is 0.217. The van der Waals surface area contributed by atoms with Crippen molar-refractivity contribution >= 4 is 56.8 Å². The summed E-state index contributed by atoms with van der Waals surface area (Å²) in [5.41, 5.74) is 4.44. The second-order valence-electron chi connectivity index (χ2n) is 7.03. The van der Waals surface area contributed by atoms with Crippen molar-refractivity contribution in [2.45, 2.75) is 31.0 Å². The first-order chi connectivity index (χ1) is 14.8. The number of nitrogens with zero attached hydrogens (tertiary/aromatic N) is 2. The van der Waals surface area contributed by atoms with E-state index in [1.807, 2.05) is 69.3 Å². The molecular weight excluding hydrogens is 494 g/mol. The minimum Gasteiger partial charge on any atom is -0.324 e. The van der Waals surface area contributed by atoms with Crippen LogP contribution in [0.4, 0.5) is 5.69 Å². The summed E-state index contributed by atoms with van der Waals surface area (Å²) in [7, 11) is 0. The first kappa shape index (κ1) is 23.5. The molecule has 0 radical (unpaired) electrons. The molecule has 0 saturated heterocycles. The van der Waals surface area contributed by atoms with E-state index in [1.165, 1.54) is 23.5 Å². The van der Waals surface area contributed by atoms with Gasteiger partial charge in [-0.3, -0.25) is 9.59 Å². The highest BCUT2D eigenvalue weighted by Gasteiger charge is 2.11. The Morgan fingerprint density at radius 3 is 2.32 bits per heavy atom. The van der Waals surface area contributed by atoms with Gasteiger partial charge in [0.05, 0.1) is 17.2 Å². The van der Waals surface area contributed by atoms with Gasteiger partial charge in [-0.15, -0.1) is 0 Å². The summed E-state index contributed by atoms with van der Waals surface area (Å²) in [5, 5.41) is 4.14. The fourth-order valence-corrected chi connectivity index (χ4v) is 4.86. The summed E-state index contributed by atoms with van der Waals surface area (Å²) in [6.07, 6.45) is 0. The third kappa shape index (κ3) is 7.19. The van der Waals surface area contributed by atoms with Gasteiger partial charge in [-0.25, -0.2) is 9.97 Å². The number of halogens is 1. The number of carbonyl (C=O) groups is 2. The lowest BCUT2D eigenvalue weighted by Crippen LogP contribution is -2.14. The van der Waals surface area contributed by atoms with Gasteiger partial charge in [0.25, 0.3) is 0 Å². The number of hydrogen-bond donors (Lipinski definition) is 1. The number of amides is 1. The number of thioether (sulfide) groups is 2. The fourth-order valence-electron chi connectivity index (χ4n) is 2.65. The van der Waals surface area contributed by atoms with Crippen molar-refractivity contribution in [3.05, 3.63) is 75.4 Å². The van der Waals surface area contributed by atoms with Gasteiger partial charge < -0.3 is 5.32 Å². The van der Waals surface area contributed by atoms with Crippen LogP contribution in [0.25, 0.3) is 0 Å². The Morgan fingerprint density at radius 1 is 0.903 bits per heavy atom. The number of anilines is 1. The molecule has 0 aliphatic carbocycles. The van der Waals surface area contributed by atoms with Crippen LogP contribution in [0, 0.1) is 20.8 Å². The molecule has 3 rings (SSSR count). The number of ketones is 1. The number of hydrogen-bond acceptors (Lipinski definition) is 6. The highest BCUT2D eigenvalue weighted by molar-refractivity contribution is 9.10. The zero-order chi connectivity index (χ0) is 22.4. The largest absolute Gasteiger partial charge is 0.324 e. The summed E-state index contributed by atoms with van der Waals surface area (Å²) in [6.45, 7) is 5.86. The van der Waals surface area contributed by atoms with E-state index in [4.69, 9.17) is 0 Å². The van der Waals surface area contributed by atoms with Gasteiger partial charge in [0, 0.05) is 15.7 Å². The van der Waals surface area contributed by atoms with Crippen LogP contribution in [0.2, 0.25) is 0 Å². The Bertz CT molecular complexity index is 1100. The molecule has 0 unspecified atom stereocenters. The van der Waals surface area contributed by atoms with Crippen LogP contribution in [-0.4, -0.2) is 33.2 Å². The van der Waals surface area contributed by atoms with Gasteiger partial charge in [-0.2, -0.15) is 0 Å². The smallest absolute Gasteiger partial charge is 0.234 e. The Balaban J connectivity index is 1.57. The van der Waals surface area contributed by atoms with Crippen LogP contribution in [0.5, 0.6) is 0 Å². The average Bonchev–Trinajstić information content (AvgIpc) is 2.73. The third-order valence-electron chi connectivity index (χ3n) is 4.27. The summed E-state index contributed by atoms with van der Waals surface area (Å²) in [4.78, 5) is 33.6. The van der Waals surface area contributed by atoms with E-state index in [0.29, 0.717) is 15.7 Å². The van der Waals surface area contributed by atoms with E-state index in [-0.39, 0.29) is 23.2 Å². The number of aryl methyl sites for hydroxylation is 3. The Kier molecular flexibility index (Phi) is 8.28. The normalized spacial score (nSPS) is 10.7. The molecule has 5 nitrogen and oxygen atoms in total. The molecule has 8 heteroatoms. The van der Waals surface area contributed by atoms with Gasteiger partial charge >= 0.3 is 0 Å². The predicted octanol–water partition coefficient (Wildman–Crippen LogP) is 5.87. The van der Waals surface area contributed by atoms with Gasteiger partial charge in [0.2, 0.25) is 5.91 Å². The monoisotopic (exact) mass is 515 g/mol. The van der Waals surface area contributed by atoms with Crippen LogP contribution < -0.4 is 5.32 Å². The summed E-state index contributed by atoms with van der Waals surface area (Å²) in [5.74, 6) is 0.406. The number of aromatic nitrogens is 2. The molecular formula is C23H22BrN3O2S2. The molecule has 0 saturated carbocycles. The van der Waals surface area contributed by atoms with Crippen molar-refractivity contribution < 1.29 is 9.59 Å². The first-order valence-electron chi connectivity index (χ1n) is 9.57. The van der Waals surface area contributed by atoms with E-state index in [2.05, 4.69) is 31.2 Å². The molecule has 0 bridgehead atoms. The summed E-state index contributed by atoms with van der Waals surface area (Å²) >= 11 is 6.11. The predicted molar refractivity (Wildman–Crippen MR) is 131 cm³/mol. The van der Waals surface area contributed by atoms with Crippen molar-refractivity contribution in [1.82, 2.24) is 9.97 Å². The minimum atomic E-state index is -0.116. The maximum atomic E-state index is 12.4. The van der Waals surface area contributed by atoms with Gasteiger partial charge in [0.15, 0.2) is 10.9 Å². The molecule has 0 spiro atoms. The molecule has 1 aromatic heterocycles. The van der Waals surface area contributed by atoms with E-state index < -0.39 is 0 Å². The van der Waals surface area contributed by atoms with Crippen molar-refractivity contribution in [3.8, 4) is 0 Å². The maximum Gasteiger partial charge on any atom is 0.234 e. The zero-order valence-corrected chi connectivity index (χ0v) is 20.7. The van der Waals surface area contributed by atoms with Crippen molar-refractivity contribution in [2.24, 2.45) is 0 Å². The number of benzene rings is 2. The van der Waals surface area contributed by atoms with E-state index in [0.717, 1.165) is 27.0 Å². The molecule has 1 heterocycles. The van der Waals surface area contributed by atoms with Crippen molar-refractivity contribution in [3.63, 3.8) is 0 Å². The lowest BCUT2D eigenvalue weighted by molar-refractivity contribution is -0.113. The second-order valence-corrected chi connectivity index (χ2v) is 9.82. The molecule has 0 aliphatic heterocycles. The summed E-state index contributed by atoms with van der Waals surface area (Å²) in [6, 6.07) is 15.1. The van der Waals surface area contributed by atoms with E-state index >= 15 is 0 Å². The highest BCUT2D eigenvalue weighted by atomic mass is 79.9. The molecule has 1 N–H and O–H groups in total. The van der Waals surface area contributed by atoms with Gasteiger partial charge in [-0.05, 0) is 60.5 Å². The molecule has 0 atom stereocenters. The SMILES string of the molecule is Cc1ccc(C(=O)CSc2nc(C)cc(SCC(=O)Nc3ccc(C)cc3Br)n2)cc1. The number of Topliss-reactive ketones (excluding diaryl/α,β-unsaturated/α-hetero) is 1. The van der Waals surface area contributed by atoms with Gasteiger partial charge in [0.1, 0.15) is 5.03 Å². The molecule has 2 aromatic carbocycles. The van der Waals surface area contributed by atoms with E-state index in [9.17, 15) is 9.59 Å². The molecule has 160 valence electrons. The second kappa shape index (κ2) is 10.9. The van der Waals surface area contributed by atoms with Crippen LogP contribution in [-0.2, 0) is 4.79 Å². The zero-order valence-electron chi connectivity index (χ0n) is 17.4. The van der Waals surface area contributed by atoms with Crippen molar-refractivity contribution in [2.75, 3.05) is 16.8 Å². The van der Waals surface area contributed by atoms with Crippen LogP contribution in [0.1, 0.15) is 27.2 Å². The molecule has 0 fully saturated rings. The Hall–Kier alpha value is -2.16. The molecule has 31 heavy (non-hydrogen) atoms. The topological polar surface area (TPSA) is 72.0 Å². The third-order valence-corrected chi connectivity index (χ3v) is 6.68. The van der Waals surface area contributed by atoms with E-state index in [1.54, 1.807) is 0 Å². The van der Waals surface area contributed by atoms with Crippen molar-refractivity contribution in [1.29, 1.82) is 0 Å². The lowest BCUT2D eigenvalue weighted by atomic mass is 10.1. The maximum absolute atomic E-state index is 12.4. The molecule has 0 aliphatic rings. The standard InChI is InChI=1S/C23H22BrN3O2S2/c1-14-4-7-17(8-5-14)20(28)12-31-23-25-16(3)11-22(27-23)30-13-21(29)26-19-9-6-15(2)10-18(19)24/h4-11H,12-13H2,1-3H3,(H,26,29). The number of rotatable bonds is 8. The van der Waals surface area contributed by atoms with Crippen LogP contribution in [0.15, 0.2) is 63.2 Å². The highest BCUT2D eigenvalue weighted by Crippen LogP contribution is 2.25. The Labute approximate surface area is 199 Å². The summed E-state index contributed by atoms with van der Waals surface area (Å²) < 4.78 is 0.848. The van der Waals surface area contributed by atoms with Crippen LogP contribution >= 0.6 is 39.5 Å². The lowest BCUT2D eigenvalue weighted by Gasteiger charge is -2.09. The first-order valence-corrected chi connectivity index (χ1v) is 12.3. The Morgan fingerprint density at radius 2 is 1.61 bits per heavy atom. The average molecular weight is 516 g/mol. The van der Waals surface area contributed by atoms with Gasteiger partial charge in [-0.1, -0.05) is 59.4 Å².